The molecule has 21 heavy (non-hydrogen) atoms. The maximum Gasteiger partial charge on any atom is 0.265 e. The van der Waals surface area contributed by atoms with Crippen molar-refractivity contribution in [1.82, 2.24) is 0 Å². The molecular formula is C16H15BrFNOS. The standard InChI is InChI=1S/C16H15BrFNOS/c1-9-6-12(18)11(17)8-13(9)19-16(20)15-7-10-4-2-3-5-14(10)21-15/h6-8H,2-5H2,1H3,(H,19,20). The summed E-state index contributed by atoms with van der Waals surface area (Å²) in [7, 11) is 0. The van der Waals surface area contributed by atoms with Crippen LogP contribution in [-0.4, -0.2) is 5.91 Å². The lowest BCUT2D eigenvalue weighted by Gasteiger charge is -2.08. The Kier molecular flexibility index (Phi) is 4.13. The highest BCUT2D eigenvalue weighted by Gasteiger charge is 2.18. The first-order valence-electron chi connectivity index (χ1n) is 6.93. The van der Waals surface area contributed by atoms with Crippen LogP contribution in [0.2, 0.25) is 0 Å². The molecular weight excluding hydrogens is 353 g/mol. The number of aryl methyl sites for hydroxylation is 3. The first-order chi connectivity index (χ1) is 10.0. The van der Waals surface area contributed by atoms with Gasteiger partial charge in [-0.1, -0.05) is 0 Å². The van der Waals surface area contributed by atoms with E-state index in [1.54, 1.807) is 24.3 Å². The van der Waals surface area contributed by atoms with Gasteiger partial charge in [-0.05, 0) is 77.9 Å². The SMILES string of the molecule is Cc1cc(F)c(Br)cc1NC(=O)c1cc2c(s1)CCCC2. The molecule has 0 saturated carbocycles. The Bertz CT molecular complexity index is 687. The second kappa shape index (κ2) is 5.89. The second-order valence-electron chi connectivity index (χ2n) is 5.30. The van der Waals surface area contributed by atoms with Gasteiger partial charge >= 0.3 is 0 Å². The van der Waals surface area contributed by atoms with Gasteiger partial charge in [-0.25, -0.2) is 4.39 Å². The minimum atomic E-state index is -0.322. The molecule has 0 saturated heterocycles. The van der Waals surface area contributed by atoms with Crippen LogP contribution in [0.25, 0.3) is 0 Å². The molecule has 5 heteroatoms. The summed E-state index contributed by atoms with van der Waals surface area (Å²) in [6.07, 6.45) is 4.56. The van der Waals surface area contributed by atoms with E-state index in [1.807, 2.05) is 6.07 Å². The molecule has 0 fully saturated rings. The van der Waals surface area contributed by atoms with Crippen LogP contribution in [-0.2, 0) is 12.8 Å². The van der Waals surface area contributed by atoms with Gasteiger partial charge in [0.2, 0.25) is 0 Å². The third kappa shape index (κ3) is 3.04. The number of amides is 1. The fourth-order valence-electron chi connectivity index (χ4n) is 2.57. The van der Waals surface area contributed by atoms with E-state index < -0.39 is 0 Å². The minimum Gasteiger partial charge on any atom is -0.321 e. The number of hydrogen-bond donors (Lipinski definition) is 1. The van der Waals surface area contributed by atoms with Crippen molar-refractivity contribution < 1.29 is 9.18 Å². The molecule has 1 aliphatic rings. The Morgan fingerprint density at radius 3 is 2.81 bits per heavy atom. The van der Waals surface area contributed by atoms with Crippen LogP contribution < -0.4 is 5.32 Å². The highest BCUT2D eigenvalue weighted by atomic mass is 79.9. The summed E-state index contributed by atoms with van der Waals surface area (Å²) in [4.78, 5) is 14.4. The molecule has 0 unspecified atom stereocenters. The second-order valence-corrected chi connectivity index (χ2v) is 7.29. The number of nitrogens with one attached hydrogen (secondary N) is 1. The van der Waals surface area contributed by atoms with Gasteiger partial charge in [-0.2, -0.15) is 0 Å². The lowest BCUT2D eigenvalue weighted by molar-refractivity contribution is 0.103. The Morgan fingerprint density at radius 2 is 2.05 bits per heavy atom. The van der Waals surface area contributed by atoms with Gasteiger partial charge in [-0.15, -0.1) is 11.3 Å². The monoisotopic (exact) mass is 367 g/mol. The summed E-state index contributed by atoms with van der Waals surface area (Å²) < 4.78 is 13.8. The summed E-state index contributed by atoms with van der Waals surface area (Å²) in [6.45, 7) is 1.78. The van der Waals surface area contributed by atoms with Gasteiger partial charge in [0.15, 0.2) is 0 Å². The highest BCUT2D eigenvalue weighted by molar-refractivity contribution is 9.10. The van der Waals surface area contributed by atoms with Crippen molar-refractivity contribution >= 4 is 38.9 Å². The van der Waals surface area contributed by atoms with Crippen molar-refractivity contribution in [2.75, 3.05) is 5.32 Å². The molecule has 110 valence electrons. The molecule has 2 aromatic rings. The average Bonchev–Trinajstić information content (AvgIpc) is 2.88. The van der Waals surface area contributed by atoms with Crippen LogP contribution in [0.5, 0.6) is 0 Å². The van der Waals surface area contributed by atoms with Crippen LogP contribution >= 0.6 is 27.3 Å². The number of fused-ring (bicyclic) bond motifs is 1. The maximum absolute atomic E-state index is 13.4. The van der Waals surface area contributed by atoms with Gasteiger partial charge < -0.3 is 5.32 Å². The zero-order valence-corrected chi connectivity index (χ0v) is 14.0. The van der Waals surface area contributed by atoms with Crippen molar-refractivity contribution in [2.45, 2.75) is 32.6 Å². The van der Waals surface area contributed by atoms with Crippen LogP contribution in [0.4, 0.5) is 10.1 Å². The van der Waals surface area contributed by atoms with E-state index in [-0.39, 0.29) is 11.7 Å². The van der Waals surface area contributed by atoms with Crippen molar-refractivity contribution in [3.63, 3.8) is 0 Å². The van der Waals surface area contributed by atoms with Crippen LogP contribution in [0, 0.1) is 12.7 Å². The van der Waals surface area contributed by atoms with Gasteiger partial charge in [0.05, 0.1) is 9.35 Å². The molecule has 0 radical (unpaired) electrons. The smallest absolute Gasteiger partial charge is 0.265 e. The number of thiophene rings is 1. The fourth-order valence-corrected chi connectivity index (χ4v) is 4.06. The molecule has 1 aliphatic carbocycles. The summed E-state index contributed by atoms with van der Waals surface area (Å²) in [6, 6.07) is 5.03. The molecule has 1 N–H and O–H groups in total. The number of carbonyl (C=O) groups is 1. The van der Waals surface area contributed by atoms with Crippen LogP contribution in [0.15, 0.2) is 22.7 Å². The van der Waals surface area contributed by atoms with Gasteiger partial charge in [-0.3, -0.25) is 4.79 Å². The third-order valence-electron chi connectivity index (χ3n) is 3.74. The van der Waals surface area contributed by atoms with Crippen molar-refractivity contribution in [2.24, 2.45) is 0 Å². The zero-order chi connectivity index (χ0) is 15.0. The van der Waals surface area contributed by atoms with E-state index in [9.17, 15) is 9.18 Å². The largest absolute Gasteiger partial charge is 0.321 e. The molecule has 0 spiro atoms. The summed E-state index contributed by atoms with van der Waals surface area (Å²) in [5, 5.41) is 2.88. The predicted molar refractivity (Wildman–Crippen MR) is 87.8 cm³/mol. The zero-order valence-electron chi connectivity index (χ0n) is 11.6. The van der Waals surface area contributed by atoms with Gasteiger partial charge in [0.1, 0.15) is 5.82 Å². The first kappa shape index (κ1) is 14.7. The highest BCUT2D eigenvalue weighted by Crippen LogP contribution is 2.31. The number of hydrogen-bond acceptors (Lipinski definition) is 2. The Labute approximate surface area is 135 Å². The van der Waals surface area contributed by atoms with E-state index in [0.29, 0.717) is 15.7 Å². The van der Waals surface area contributed by atoms with Crippen LogP contribution in [0.1, 0.15) is 38.5 Å². The van der Waals surface area contributed by atoms with E-state index in [1.165, 1.54) is 29.3 Å². The molecule has 1 heterocycles. The molecule has 1 aromatic carbocycles. The molecule has 1 amide bonds. The molecule has 0 aliphatic heterocycles. The van der Waals surface area contributed by atoms with Gasteiger partial charge in [0, 0.05) is 10.6 Å². The van der Waals surface area contributed by atoms with Crippen molar-refractivity contribution in [3.8, 4) is 0 Å². The Morgan fingerprint density at radius 1 is 1.29 bits per heavy atom. The summed E-state index contributed by atoms with van der Waals surface area (Å²) >= 11 is 4.73. The number of benzene rings is 1. The number of halogens is 2. The molecule has 1 aromatic heterocycles. The average molecular weight is 368 g/mol. The normalized spacial score (nSPS) is 13.9. The Hall–Kier alpha value is -1.20. The first-order valence-corrected chi connectivity index (χ1v) is 8.54. The molecule has 0 bridgehead atoms. The molecule has 0 atom stereocenters. The summed E-state index contributed by atoms with van der Waals surface area (Å²) in [5.41, 5.74) is 2.67. The van der Waals surface area contributed by atoms with E-state index >= 15 is 0 Å². The van der Waals surface area contributed by atoms with E-state index in [0.717, 1.165) is 17.7 Å². The third-order valence-corrected chi connectivity index (χ3v) is 5.58. The maximum atomic E-state index is 13.4. The minimum absolute atomic E-state index is 0.115. The predicted octanol–water partition coefficient (Wildman–Crippen LogP) is 5.09. The van der Waals surface area contributed by atoms with Crippen molar-refractivity contribution in [1.29, 1.82) is 0 Å². The lowest BCUT2D eigenvalue weighted by atomic mass is 9.99. The lowest BCUT2D eigenvalue weighted by Crippen LogP contribution is -2.11. The topological polar surface area (TPSA) is 29.1 Å². The quantitative estimate of drug-likeness (QED) is 0.786. The molecule has 2 nitrogen and oxygen atoms in total. The van der Waals surface area contributed by atoms with Gasteiger partial charge in [0.25, 0.3) is 5.91 Å². The van der Waals surface area contributed by atoms with E-state index in [4.69, 9.17) is 0 Å². The number of rotatable bonds is 2. The number of anilines is 1. The Balaban J connectivity index is 1.83. The number of carbonyl (C=O) groups excluding carboxylic acids is 1. The van der Waals surface area contributed by atoms with Crippen LogP contribution in [0.3, 0.4) is 0 Å². The van der Waals surface area contributed by atoms with E-state index in [2.05, 4.69) is 21.2 Å². The molecule has 3 rings (SSSR count). The van der Waals surface area contributed by atoms with Crippen molar-refractivity contribution in [3.05, 3.63) is 49.4 Å². The summed E-state index contributed by atoms with van der Waals surface area (Å²) in [5.74, 6) is -0.437. The fraction of sp³-hybridized carbons (Fsp3) is 0.312.